The highest BCUT2D eigenvalue weighted by Gasteiger charge is 2.39. The number of imidazole rings is 1. The first-order valence-corrected chi connectivity index (χ1v) is 18.3. The molecule has 5 heterocycles. The summed E-state index contributed by atoms with van der Waals surface area (Å²) in [6.07, 6.45) is 7.55. The lowest BCUT2D eigenvalue weighted by Crippen LogP contribution is -2.36. The first-order chi connectivity index (χ1) is 27.0. The van der Waals surface area contributed by atoms with Gasteiger partial charge in [0.25, 0.3) is 11.8 Å². The molecule has 2 unspecified atom stereocenters. The minimum Gasteiger partial charge on any atom is -0.465 e. The molecule has 1 aliphatic carbocycles. The number of nitrogens with one attached hydrogen (secondary N) is 2. The second-order valence-corrected chi connectivity index (χ2v) is 14.0. The Balaban J connectivity index is 0.900. The van der Waals surface area contributed by atoms with Gasteiger partial charge in [0, 0.05) is 6.20 Å². The zero-order valence-corrected chi connectivity index (χ0v) is 29.8. The molecule has 0 bridgehead atoms. The standard InChI is InChI=1S/C42H37FN8O4/c43-34-21-45-38(35-24-50(26-47-35)42(28-10-4-1-5-11-28,29-12-6-2-7-13-29)30-14-8-3-9-15-30)33-19-27(18-32(33)34)20-44-17-16-31-23-51(41(53)55-31)36-22-46-40-39(48-36)49-37(52)25-54-40/h1-15,21-22,24,26-27,31,44H,16-20,23,25H2,(H,48,49,52). The van der Waals surface area contributed by atoms with Crippen molar-refractivity contribution in [2.24, 2.45) is 5.92 Å². The lowest BCUT2D eigenvalue weighted by molar-refractivity contribution is -0.118. The molecule has 0 spiro atoms. The van der Waals surface area contributed by atoms with E-state index in [1.807, 2.05) is 30.7 Å². The van der Waals surface area contributed by atoms with Crippen molar-refractivity contribution in [1.29, 1.82) is 0 Å². The molecule has 2 N–H and O–H groups in total. The zero-order valence-electron chi connectivity index (χ0n) is 29.8. The van der Waals surface area contributed by atoms with Gasteiger partial charge in [0.05, 0.1) is 31.0 Å². The first kappa shape index (κ1) is 34.3. The van der Waals surface area contributed by atoms with E-state index in [0.717, 1.165) is 22.3 Å². The summed E-state index contributed by atoms with van der Waals surface area (Å²) in [6.45, 7) is 1.41. The van der Waals surface area contributed by atoms with Crippen LogP contribution in [-0.4, -0.2) is 68.8 Å². The lowest BCUT2D eigenvalue weighted by atomic mass is 9.77. The fourth-order valence-electron chi connectivity index (χ4n) is 8.05. The number of halogens is 1. The predicted molar refractivity (Wildman–Crippen MR) is 202 cm³/mol. The second kappa shape index (κ2) is 14.4. The zero-order chi connectivity index (χ0) is 37.4. The third-order valence-electron chi connectivity index (χ3n) is 10.6. The van der Waals surface area contributed by atoms with E-state index in [2.05, 4.69) is 103 Å². The SMILES string of the molecule is O=C1COc2ncc(N3CC(CCNCC4Cc5c(F)cnc(-c6cn(C(c7ccccc7)(c7ccccc7)c7ccccc7)cn6)c5C4)OC3=O)nc2N1. The average molecular weight is 737 g/mol. The number of benzene rings is 3. The molecule has 3 aliphatic rings. The molecule has 1 saturated heterocycles. The predicted octanol–water partition coefficient (Wildman–Crippen LogP) is 5.77. The molecule has 13 heteroatoms. The number of cyclic esters (lactones) is 1. The summed E-state index contributed by atoms with van der Waals surface area (Å²) in [6, 6.07) is 31.2. The van der Waals surface area contributed by atoms with Crippen LogP contribution in [-0.2, 0) is 27.9 Å². The molecule has 12 nitrogen and oxygen atoms in total. The fourth-order valence-corrected chi connectivity index (χ4v) is 8.05. The smallest absolute Gasteiger partial charge is 0.415 e. The first-order valence-electron chi connectivity index (χ1n) is 18.3. The molecule has 3 aromatic heterocycles. The second-order valence-electron chi connectivity index (χ2n) is 14.0. The summed E-state index contributed by atoms with van der Waals surface area (Å²) in [5, 5.41) is 6.11. The molecular formula is C42H37FN8O4. The Morgan fingerprint density at radius 2 is 1.53 bits per heavy atom. The number of aromatic nitrogens is 5. The van der Waals surface area contributed by atoms with E-state index < -0.39 is 11.6 Å². The van der Waals surface area contributed by atoms with Crippen LogP contribution in [0.15, 0.2) is 116 Å². The number of anilines is 2. The van der Waals surface area contributed by atoms with Crippen molar-refractivity contribution < 1.29 is 23.5 Å². The highest BCUT2D eigenvalue weighted by atomic mass is 19.1. The summed E-state index contributed by atoms with van der Waals surface area (Å²) in [5.74, 6) is 0.165. The molecule has 55 heavy (non-hydrogen) atoms. The van der Waals surface area contributed by atoms with Crippen LogP contribution in [0, 0.1) is 11.7 Å². The number of nitrogens with zero attached hydrogens (tertiary/aromatic N) is 6. The van der Waals surface area contributed by atoms with Crippen LogP contribution in [0.4, 0.5) is 20.8 Å². The van der Waals surface area contributed by atoms with Crippen molar-refractivity contribution in [3.63, 3.8) is 0 Å². The Hall–Kier alpha value is -6.47. The Labute approximate surface area is 316 Å². The Morgan fingerprint density at radius 3 is 2.22 bits per heavy atom. The maximum atomic E-state index is 15.3. The minimum absolute atomic E-state index is 0.132. The largest absolute Gasteiger partial charge is 0.465 e. The highest BCUT2D eigenvalue weighted by molar-refractivity contribution is 5.94. The van der Waals surface area contributed by atoms with E-state index in [-0.39, 0.29) is 47.9 Å². The monoisotopic (exact) mass is 736 g/mol. The van der Waals surface area contributed by atoms with E-state index in [0.29, 0.717) is 55.8 Å². The van der Waals surface area contributed by atoms with Gasteiger partial charge < -0.3 is 24.7 Å². The van der Waals surface area contributed by atoms with Crippen molar-refractivity contribution in [3.05, 3.63) is 150 Å². The molecule has 3 aromatic carbocycles. The minimum atomic E-state index is -0.726. The van der Waals surface area contributed by atoms with Crippen molar-refractivity contribution in [3.8, 4) is 17.3 Å². The molecule has 2 amide bonds. The van der Waals surface area contributed by atoms with Gasteiger partial charge in [0.15, 0.2) is 18.2 Å². The van der Waals surface area contributed by atoms with Gasteiger partial charge in [-0.15, -0.1) is 0 Å². The van der Waals surface area contributed by atoms with Crippen molar-refractivity contribution in [2.45, 2.75) is 30.9 Å². The average Bonchev–Trinajstić information content (AvgIpc) is 3.98. The van der Waals surface area contributed by atoms with Gasteiger partial charge in [-0.05, 0) is 66.1 Å². The third-order valence-corrected chi connectivity index (χ3v) is 10.6. The fraction of sp³-hybridized carbons (Fsp3) is 0.238. The number of carbonyl (C=O) groups excluding carboxylic acids is 2. The van der Waals surface area contributed by atoms with Crippen molar-refractivity contribution in [1.82, 2.24) is 29.8 Å². The number of carbonyl (C=O) groups is 2. The van der Waals surface area contributed by atoms with Gasteiger partial charge in [0.2, 0.25) is 0 Å². The maximum absolute atomic E-state index is 15.3. The molecule has 0 saturated carbocycles. The molecule has 6 aromatic rings. The summed E-state index contributed by atoms with van der Waals surface area (Å²) < 4.78 is 28.4. The molecule has 2 atom stereocenters. The van der Waals surface area contributed by atoms with Gasteiger partial charge in [-0.2, -0.15) is 0 Å². The molecule has 0 radical (unpaired) electrons. The van der Waals surface area contributed by atoms with Gasteiger partial charge in [-0.3, -0.25) is 14.7 Å². The molecule has 2 aliphatic heterocycles. The van der Waals surface area contributed by atoms with Gasteiger partial charge in [0.1, 0.15) is 23.2 Å². The molecular weight excluding hydrogens is 700 g/mol. The van der Waals surface area contributed by atoms with Crippen LogP contribution in [0.1, 0.15) is 34.2 Å². The number of fused-ring (bicyclic) bond motifs is 2. The van der Waals surface area contributed by atoms with Gasteiger partial charge in [-0.25, -0.2) is 24.1 Å². The van der Waals surface area contributed by atoms with E-state index in [1.54, 1.807) is 0 Å². The maximum Gasteiger partial charge on any atom is 0.415 e. The quantitative estimate of drug-likeness (QED) is 0.126. The van der Waals surface area contributed by atoms with Crippen LogP contribution < -0.4 is 20.3 Å². The number of pyridine rings is 1. The number of ether oxygens (including phenoxy) is 2. The van der Waals surface area contributed by atoms with E-state index in [1.165, 1.54) is 17.3 Å². The number of hydrogen-bond acceptors (Lipinski definition) is 9. The normalized spacial score (nSPS) is 17.7. The summed E-state index contributed by atoms with van der Waals surface area (Å²) in [7, 11) is 0. The molecule has 9 rings (SSSR count). The van der Waals surface area contributed by atoms with E-state index in [4.69, 9.17) is 14.5 Å². The summed E-state index contributed by atoms with van der Waals surface area (Å²) in [4.78, 5) is 43.9. The Bertz CT molecular complexity index is 2260. The van der Waals surface area contributed by atoms with Crippen molar-refractivity contribution in [2.75, 3.05) is 36.5 Å². The highest BCUT2D eigenvalue weighted by Crippen LogP contribution is 2.42. The summed E-state index contributed by atoms with van der Waals surface area (Å²) >= 11 is 0. The van der Waals surface area contributed by atoms with Crippen LogP contribution in [0.3, 0.4) is 0 Å². The summed E-state index contributed by atoms with van der Waals surface area (Å²) in [5.41, 5.74) is 5.45. The number of hydrogen-bond donors (Lipinski definition) is 2. The van der Waals surface area contributed by atoms with Crippen LogP contribution in [0.5, 0.6) is 5.88 Å². The van der Waals surface area contributed by atoms with Crippen LogP contribution in [0.25, 0.3) is 11.4 Å². The van der Waals surface area contributed by atoms with E-state index >= 15 is 4.39 Å². The number of amides is 2. The van der Waals surface area contributed by atoms with Crippen molar-refractivity contribution >= 4 is 23.6 Å². The van der Waals surface area contributed by atoms with Gasteiger partial charge in [-0.1, -0.05) is 91.0 Å². The van der Waals surface area contributed by atoms with E-state index in [9.17, 15) is 9.59 Å². The molecule has 276 valence electrons. The van der Waals surface area contributed by atoms with Gasteiger partial charge >= 0.3 is 6.09 Å². The van der Waals surface area contributed by atoms with Crippen LogP contribution in [0.2, 0.25) is 0 Å². The lowest BCUT2D eigenvalue weighted by Gasteiger charge is -2.37. The Morgan fingerprint density at radius 1 is 0.855 bits per heavy atom. The molecule has 1 fully saturated rings. The number of rotatable bonds is 11. The third kappa shape index (κ3) is 6.35. The topological polar surface area (TPSA) is 136 Å². The Kier molecular flexibility index (Phi) is 8.98. The van der Waals surface area contributed by atoms with Crippen LogP contribution >= 0.6 is 0 Å².